The van der Waals surface area contributed by atoms with Gasteiger partial charge in [-0.15, -0.1) is 10.2 Å². The number of aromatic nitrogens is 2. The first-order valence-corrected chi connectivity index (χ1v) is 10.4. The fourth-order valence-electron chi connectivity index (χ4n) is 3.06. The van der Waals surface area contributed by atoms with Gasteiger partial charge in [0.1, 0.15) is 5.76 Å². The highest BCUT2D eigenvalue weighted by Crippen LogP contribution is 2.43. The lowest BCUT2D eigenvalue weighted by atomic mass is 9.95. The van der Waals surface area contributed by atoms with Crippen LogP contribution in [0.15, 0.2) is 62.6 Å². The van der Waals surface area contributed by atoms with E-state index in [0.29, 0.717) is 20.8 Å². The first-order chi connectivity index (χ1) is 13.5. The number of benzene rings is 1. The van der Waals surface area contributed by atoms with Crippen LogP contribution in [-0.4, -0.2) is 33.3 Å². The third-order valence-electron chi connectivity index (χ3n) is 4.31. The van der Waals surface area contributed by atoms with Crippen LogP contribution >= 0.6 is 23.1 Å². The quantitative estimate of drug-likeness (QED) is 0.384. The SMILES string of the molecule is CSc1nnc(N2C(=O)C(O)=C(C(=O)c3ccc(C)o3)C2c2ccccc2)s1. The molecule has 0 bridgehead atoms. The number of thioether (sulfide) groups is 1. The van der Waals surface area contributed by atoms with Crippen molar-refractivity contribution in [1.82, 2.24) is 10.2 Å². The lowest BCUT2D eigenvalue weighted by Gasteiger charge is -2.23. The predicted molar refractivity (Wildman–Crippen MR) is 106 cm³/mol. The summed E-state index contributed by atoms with van der Waals surface area (Å²) in [5, 5.41) is 19.0. The number of aliphatic hydroxyl groups is 1. The van der Waals surface area contributed by atoms with Gasteiger partial charge in [-0.05, 0) is 30.9 Å². The van der Waals surface area contributed by atoms with Gasteiger partial charge in [-0.3, -0.25) is 14.5 Å². The van der Waals surface area contributed by atoms with Crippen LogP contribution in [0, 0.1) is 6.92 Å². The molecule has 0 saturated heterocycles. The van der Waals surface area contributed by atoms with Crippen LogP contribution in [-0.2, 0) is 4.79 Å². The number of nitrogens with zero attached hydrogens (tertiary/aromatic N) is 3. The molecule has 0 fully saturated rings. The average Bonchev–Trinajstić information content (AvgIpc) is 3.41. The molecule has 0 radical (unpaired) electrons. The second-order valence-electron chi connectivity index (χ2n) is 6.04. The van der Waals surface area contributed by atoms with E-state index in [1.54, 1.807) is 37.3 Å². The Hall–Kier alpha value is -2.91. The smallest absolute Gasteiger partial charge is 0.296 e. The molecule has 28 heavy (non-hydrogen) atoms. The molecule has 142 valence electrons. The van der Waals surface area contributed by atoms with E-state index < -0.39 is 23.5 Å². The molecule has 4 rings (SSSR count). The Morgan fingerprint density at radius 3 is 2.57 bits per heavy atom. The van der Waals surface area contributed by atoms with Crippen LogP contribution in [0.2, 0.25) is 0 Å². The molecule has 3 heterocycles. The van der Waals surface area contributed by atoms with Gasteiger partial charge in [-0.1, -0.05) is 53.4 Å². The fourth-order valence-corrected chi connectivity index (χ4v) is 4.34. The zero-order valence-electron chi connectivity index (χ0n) is 14.9. The summed E-state index contributed by atoms with van der Waals surface area (Å²) < 4.78 is 6.11. The number of carbonyl (C=O) groups is 2. The number of ketones is 1. The molecular weight excluding hydrogens is 398 g/mol. The monoisotopic (exact) mass is 413 g/mol. The van der Waals surface area contributed by atoms with E-state index in [-0.39, 0.29) is 11.3 Å². The van der Waals surface area contributed by atoms with Crippen LogP contribution in [0.25, 0.3) is 0 Å². The zero-order chi connectivity index (χ0) is 19.8. The van der Waals surface area contributed by atoms with Crippen molar-refractivity contribution in [2.45, 2.75) is 17.3 Å². The van der Waals surface area contributed by atoms with Gasteiger partial charge in [0.2, 0.25) is 10.9 Å². The largest absolute Gasteiger partial charge is 0.503 e. The van der Waals surface area contributed by atoms with Crippen LogP contribution in [0.3, 0.4) is 0 Å². The third-order valence-corrected chi connectivity index (χ3v) is 6.21. The lowest BCUT2D eigenvalue weighted by molar-refractivity contribution is -0.117. The summed E-state index contributed by atoms with van der Waals surface area (Å²) in [4.78, 5) is 27.3. The molecule has 1 unspecified atom stereocenters. The number of aliphatic hydroxyl groups excluding tert-OH is 1. The highest BCUT2D eigenvalue weighted by atomic mass is 32.2. The molecule has 0 saturated carbocycles. The van der Waals surface area contributed by atoms with Gasteiger partial charge < -0.3 is 9.52 Å². The van der Waals surface area contributed by atoms with Gasteiger partial charge in [0, 0.05) is 0 Å². The van der Waals surface area contributed by atoms with E-state index in [9.17, 15) is 14.7 Å². The van der Waals surface area contributed by atoms with Crippen LogP contribution < -0.4 is 4.90 Å². The summed E-state index contributed by atoms with van der Waals surface area (Å²) in [6.07, 6.45) is 1.86. The number of rotatable bonds is 5. The minimum Gasteiger partial charge on any atom is -0.503 e. The molecule has 1 N–H and O–H groups in total. The van der Waals surface area contributed by atoms with Crippen molar-refractivity contribution in [1.29, 1.82) is 0 Å². The Balaban J connectivity index is 1.85. The second-order valence-corrected chi connectivity index (χ2v) is 8.05. The van der Waals surface area contributed by atoms with E-state index in [4.69, 9.17) is 4.42 Å². The van der Waals surface area contributed by atoms with Crippen molar-refractivity contribution in [2.75, 3.05) is 11.2 Å². The summed E-state index contributed by atoms with van der Waals surface area (Å²) in [6.45, 7) is 1.72. The molecule has 0 aliphatic carbocycles. The Kier molecular flexibility index (Phi) is 4.78. The number of hydrogen-bond acceptors (Lipinski definition) is 8. The number of anilines is 1. The van der Waals surface area contributed by atoms with Crippen LogP contribution in [0.4, 0.5) is 5.13 Å². The van der Waals surface area contributed by atoms with Crippen molar-refractivity contribution in [2.24, 2.45) is 0 Å². The van der Waals surface area contributed by atoms with E-state index in [1.165, 1.54) is 34.1 Å². The van der Waals surface area contributed by atoms with Crippen molar-refractivity contribution in [3.63, 3.8) is 0 Å². The molecule has 1 amide bonds. The summed E-state index contributed by atoms with van der Waals surface area (Å²) in [5.41, 5.74) is 0.638. The molecule has 2 aromatic heterocycles. The molecule has 9 heteroatoms. The van der Waals surface area contributed by atoms with Crippen molar-refractivity contribution in [3.05, 3.63) is 70.9 Å². The summed E-state index contributed by atoms with van der Waals surface area (Å²) in [6, 6.07) is 11.4. The molecule has 0 spiro atoms. The molecule has 1 aromatic carbocycles. The maximum Gasteiger partial charge on any atom is 0.296 e. The Bertz CT molecular complexity index is 1090. The first-order valence-electron chi connectivity index (χ1n) is 8.31. The first kappa shape index (κ1) is 18.5. The van der Waals surface area contributed by atoms with E-state index in [0.717, 1.165) is 0 Å². The molecule has 7 nitrogen and oxygen atoms in total. The normalized spacial score (nSPS) is 16.9. The molecular formula is C19H15N3O4S2. The fraction of sp³-hybridized carbons (Fsp3) is 0.158. The van der Waals surface area contributed by atoms with E-state index >= 15 is 0 Å². The number of Topliss-reactive ketones (excluding diaryl/α,β-unsaturated/α-hetero) is 1. The minimum atomic E-state index is -0.825. The van der Waals surface area contributed by atoms with Crippen molar-refractivity contribution >= 4 is 39.9 Å². The highest BCUT2D eigenvalue weighted by Gasteiger charge is 2.46. The summed E-state index contributed by atoms with van der Waals surface area (Å²) in [5.74, 6) is -1.20. The molecule has 1 aliphatic heterocycles. The lowest BCUT2D eigenvalue weighted by Crippen LogP contribution is -2.31. The number of carbonyl (C=O) groups excluding carboxylic acids is 2. The summed E-state index contributed by atoms with van der Waals surface area (Å²) in [7, 11) is 0. The summed E-state index contributed by atoms with van der Waals surface area (Å²) >= 11 is 2.62. The van der Waals surface area contributed by atoms with Crippen LogP contribution in [0.1, 0.15) is 27.9 Å². The zero-order valence-corrected chi connectivity index (χ0v) is 16.6. The van der Waals surface area contributed by atoms with Gasteiger partial charge in [0.25, 0.3) is 5.91 Å². The van der Waals surface area contributed by atoms with Crippen LogP contribution in [0.5, 0.6) is 0 Å². The number of furan rings is 1. The second kappa shape index (κ2) is 7.25. The van der Waals surface area contributed by atoms with Crippen molar-refractivity contribution < 1.29 is 19.1 Å². The number of amides is 1. The van der Waals surface area contributed by atoms with Gasteiger partial charge in [-0.2, -0.15) is 0 Å². The van der Waals surface area contributed by atoms with Gasteiger partial charge in [0.15, 0.2) is 15.9 Å². The minimum absolute atomic E-state index is 0.0357. The Morgan fingerprint density at radius 1 is 1.21 bits per heavy atom. The topological polar surface area (TPSA) is 96.5 Å². The van der Waals surface area contributed by atoms with Gasteiger partial charge in [-0.25, -0.2) is 0 Å². The van der Waals surface area contributed by atoms with E-state index in [2.05, 4.69) is 10.2 Å². The average molecular weight is 413 g/mol. The Morgan fingerprint density at radius 2 is 1.96 bits per heavy atom. The maximum atomic E-state index is 13.1. The highest BCUT2D eigenvalue weighted by molar-refractivity contribution is 8.00. The van der Waals surface area contributed by atoms with Gasteiger partial charge in [0.05, 0.1) is 11.6 Å². The predicted octanol–water partition coefficient (Wildman–Crippen LogP) is 3.94. The molecule has 1 atom stereocenters. The van der Waals surface area contributed by atoms with Gasteiger partial charge >= 0.3 is 0 Å². The maximum absolute atomic E-state index is 13.1. The van der Waals surface area contributed by atoms with E-state index in [1.807, 2.05) is 12.3 Å². The Labute approximate surface area is 168 Å². The third kappa shape index (κ3) is 3.02. The van der Waals surface area contributed by atoms with Crippen molar-refractivity contribution in [3.8, 4) is 0 Å². The standard InChI is InChI=1S/C19H15N3O4S2/c1-10-8-9-12(26-10)15(23)13-14(11-6-4-3-5-7-11)22(17(25)16(13)24)18-20-21-19(27-2)28-18/h3-9,14,24H,1-2H3. The number of aryl methyl sites for hydroxylation is 1. The molecule has 3 aromatic rings. The number of hydrogen-bond donors (Lipinski definition) is 1. The molecule has 1 aliphatic rings.